The molecule has 2 heteroatoms. The van der Waals surface area contributed by atoms with Crippen LogP contribution in [0.1, 0.15) is 86.8 Å². The normalized spacial score (nSPS) is 17.6. The molecular weight excluding hydrogens is 773 g/mol. The standard InChI is InChI=1S/C62H54N2/c1-61(2)51-25-9-7-21-45(51)59-47(23-13-27-53(59)61)57-43-33-31-42(64-36-16-20-40-18-6-12-30-56(40)64)38-50(43)58(48-24-14-28-54-60(48)46-22-8-10-26-52(46)62(54,3)4)44-34-32-41(37-49(44)57)63-35-15-19-39-17-5-11-29-55(39)63/h5-7,9-14,17-18,21,23-34,37-38H,8,15-16,19-20,22,35-36H2,1-4H3. The first kappa shape index (κ1) is 37.9. The summed E-state index contributed by atoms with van der Waals surface area (Å²) >= 11 is 0. The molecule has 13 rings (SSSR count). The van der Waals surface area contributed by atoms with Crippen LogP contribution >= 0.6 is 0 Å². The Hall–Kier alpha value is -6.64. The SMILES string of the molecule is CC1(C)C2=C(CCC=C2)c2c(-c3c4cc(N5CCCc6ccccc65)ccc4c(-c4cccc5c4-c4ccccc4C5(C)C)c4cc(N5CCCc6ccccc65)ccc34)cccc21. The first-order valence-electron chi connectivity index (χ1n) is 23.8. The number of aryl methyl sites for hydroxylation is 2. The molecule has 8 aromatic carbocycles. The molecule has 0 aromatic heterocycles. The minimum Gasteiger partial charge on any atom is -0.341 e. The summed E-state index contributed by atoms with van der Waals surface area (Å²) < 4.78 is 0. The lowest BCUT2D eigenvalue weighted by Gasteiger charge is -2.33. The molecule has 2 nitrogen and oxygen atoms in total. The topological polar surface area (TPSA) is 6.48 Å². The van der Waals surface area contributed by atoms with E-state index >= 15 is 0 Å². The van der Waals surface area contributed by atoms with Gasteiger partial charge in [0, 0.05) is 46.7 Å². The molecule has 2 heterocycles. The third-order valence-electron chi connectivity index (χ3n) is 16.0. The van der Waals surface area contributed by atoms with E-state index in [9.17, 15) is 0 Å². The molecule has 0 amide bonds. The lowest BCUT2D eigenvalue weighted by atomic mass is 9.78. The number of para-hydroxylation sites is 2. The van der Waals surface area contributed by atoms with E-state index in [0.29, 0.717) is 0 Å². The highest BCUT2D eigenvalue weighted by molar-refractivity contribution is 6.24. The van der Waals surface area contributed by atoms with Crippen molar-refractivity contribution < 1.29 is 0 Å². The molecule has 312 valence electrons. The van der Waals surface area contributed by atoms with Crippen LogP contribution < -0.4 is 9.80 Å². The second-order valence-corrected chi connectivity index (χ2v) is 20.1. The lowest BCUT2D eigenvalue weighted by Crippen LogP contribution is -2.24. The monoisotopic (exact) mass is 826 g/mol. The highest BCUT2D eigenvalue weighted by Gasteiger charge is 2.40. The van der Waals surface area contributed by atoms with E-state index in [1.54, 1.807) is 0 Å². The van der Waals surface area contributed by atoms with Gasteiger partial charge in [0.15, 0.2) is 0 Å². The van der Waals surface area contributed by atoms with Gasteiger partial charge in [-0.1, -0.05) is 149 Å². The van der Waals surface area contributed by atoms with Crippen LogP contribution in [0, 0.1) is 0 Å². The van der Waals surface area contributed by atoms with Crippen molar-refractivity contribution in [3.05, 3.63) is 197 Å². The van der Waals surface area contributed by atoms with Crippen LogP contribution in [0.3, 0.4) is 0 Å². The minimum atomic E-state index is -0.109. The number of anilines is 4. The maximum atomic E-state index is 2.59. The Morgan fingerprint density at radius 2 is 0.938 bits per heavy atom. The molecule has 0 fully saturated rings. The average molecular weight is 827 g/mol. The van der Waals surface area contributed by atoms with Gasteiger partial charge in [-0.3, -0.25) is 0 Å². The maximum absolute atomic E-state index is 2.59. The summed E-state index contributed by atoms with van der Waals surface area (Å²) in [5.74, 6) is 0. The average Bonchev–Trinajstić information content (AvgIpc) is 3.72. The van der Waals surface area contributed by atoms with Gasteiger partial charge in [-0.2, -0.15) is 0 Å². The molecule has 0 bridgehead atoms. The van der Waals surface area contributed by atoms with Crippen molar-refractivity contribution in [2.75, 3.05) is 22.9 Å². The van der Waals surface area contributed by atoms with Gasteiger partial charge in [0.2, 0.25) is 0 Å². The van der Waals surface area contributed by atoms with E-state index in [-0.39, 0.29) is 10.8 Å². The fourth-order valence-corrected chi connectivity index (χ4v) is 12.9. The van der Waals surface area contributed by atoms with Crippen LogP contribution in [-0.4, -0.2) is 13.1 Å². The van der Waals surface area contributed by atoms with Gasteiger partial charge in [0.25, 0.3) is 0 Å². The first-order chi connectivity index (χ1) is 31.3. The third kappa shape index (κ3) is 5.32. The van der Waals surface area contributed by atoms with E-state index in [2.05, 4.69) is 195 Å². The van der Waals surface area contributed by atoms with Gasteiger partial charge in [0.05, 0.1) is 0 Å². The summed E-state index contributed by atoms with van der Waals surface area (Å²) in [6.45, 7) is 11.7. The van der Waals surface area contributed by atoms with Crippen molar-refractivity contribution in [1.29, 1.82) is 0 Å². The van der Waals surface area contributed by atoms with Crippen LogP contribution in [0.15, 0.2) is 163 Å². The summed E-state index contributed by atoms with van der Waals surface area (Å²) in [4.78, 5) is 5.18. The quantitative estimate of drug-likeness (QED) is 0.163. The Balaban J connectivity index is 1.18. The Bertz CT molecular complexity index is 3350. The molecule has 0 atom stereocenters. The Morgan fingerprint density at radius 3 is 1.56 bits per heavy atom. The molecule has 0 spiro atoms. The van der Waals surface area contributed by atoms with Crippen molar-refractivity contribution in [3.63, 3.8) is 0 Å². The molecule has 2 aliphatic heterocycles. The number of allylic oxidation sites excluding steroid dienone is 4. The molecule has 0 N–H and O–H groups in total. The molecule has 8 aromatic rings. The van der Waals surface area contributed by atoms with Crippen LogP contribution in [-0.2, 0) is 23.7 Å². The van der Waals surface area contributed by atoms with Gasteiger partial charge in [-0.15, -0.1) is 0 Å². The molecule has 5 aliphatic rings. The summed E-state index contributed by atoms with van der Waals surface area (Å²) in [7, 11) is 0. The van der Waals surface area contributed by atoms with E-state index in [1.165, 1.54) is 122 Å². The van der Waals surface area contributed by atoms with Crippen molar-refractivity contribution in [2.24, 2.45) is 0 Å². The van der Waals surface area contributed by atoms with Gasteiger partial charge < -0.3 is 9.80 Å². The second-order valence-electron chi connectivity index (χ2n) is 20.1. The van der Waals surface area contributed by atoms with Gasteiger partial charge in [0.1, 0.15) is 0 Å². The summed E-state index contributed by atoms with van der Waals surface area (Å²) in [5, 5.41) is 5.29. The van der Waals surface area contributed by atoms with E-state index in [1.807, 2.05) is 0 Å². The molecule has 0 radical (unpaired) electrons. The maximum Gasteiger partial charge on any atom is 0.0443 e. The third-order valence-corrected chi connectivity index (χ3v) is 16.0. The lowest BCUT2D eigenvalue weighted by molar-refractivity contribution is 0.651. The molecule has 0 saturated heterocycles. The zero-order valence-electron chi connectivity index (χ0n) is 37.6. The van der Waals surface area contributed by atoms with Gasteiger partial charge in [-0.25, -0.2) is 0 Å². The molecule has 0 unspecified atom stereocenters. The van der Waals surface area contributed by atoms with E-state index in [4.69, 9.17) is 0 Å². The van der Waals surface area contributed by atoms with Crippen molar-refractivity contribution >= 4 is 49.9 Å². The van der Waals surface area contributed by atoms with E-state index < -0.39 is 0 Å². The Labute approximate surface area is 378 Å². The highest BCUT2D eigenvalue weighted by atomic mass is 15.1. The number of rotatable bonds is 4. The number of benzene rings is 8. The zero-order valence-corrected chi connectivity index (χ0v) is 37.6. The summed E-state index contributed by atoms with van der Waals surface area (Å²) in [6, 6.07) is 56.7. The Kier molecular flexibility index (Phi) is 8.24. The van der Waals surface area contributed by atoms with Gasteiger partial charge in [-0.05, 0) is 174 Å². The number of hydrogen-bond donors (Lipinski definition) is 0. The fraction of sp³-hybridized carbons (Fsp3) is 0.226. The van der Waals surface area contributed by atoms with Crippen LogP contribution in [0.25, 0.3) is 60.5 Å². The number of hydrogen-bond acceptors (Lipinski definition) is 2. The minimum absolute atomic E-state index is 0.0641. The smallest absolute Gasteiger partial charge is 0.0443 e. The van der Waals surface area contributed by atoms with Crippen LogP contribution in [0.4, 0.5) is 22.7 Å². The Morgan fingerprint density at radius 1 is 0.422 bits per heavy atom. The first-order valence-corrected chi connectivity index (χ1v) is 23.8. The molecular formula is C62H54N2. The second kappa shape index (κ2) is 13.9. The van der Waals surface area contributed by atoms with Gasteiger partial charge >= 0.3 is 0 Å². The predicted molar refractivity (Wildman–Crippen MR) is 272 cm³/mol. The summed E-state index contributed by atoms with van der Waals surface area (Å²) in [6.07, 6.45) is 11.5. The molecule has 0 saturated carbocycles. The zero-order chi connectivity index (χ0) is 42.9. The van der Waals surface area contributed by atoms with Crippen molar-refractivity contribution in [1.82, 2.24) is 0 Å². The van der Waals surface area contributed by atoms with E-state index in [0.717, 1.165) is 51.6 Å². The van der Waals surface area contributed by atoms with Crippen LogP contribution in [0.2, 0.25) is 0 Å². The summed E-state index contributed by atoms with van der Waals surface area (Å²) in [5.41, 5.74) is 24.8. The van der Waals surface area contributed by atoms with Crippen molar-refractivity contribution in [3.8, 4) is 33.4 Å². The molecule has 3 aliphatic carbocycles. The van der Waals surface area contributed by atoms with Crippen molar-refractivity contribution in [2.45, 2.75) is 77.0 Å². The number of fused-ring (bicyclic) bond motifs is 9. The highest BCUT2D eigenvalue weighted by Crippen LogP contribution is 2.58. The number of nitrogens with zero attached hydrogens (tertiary/aromatic N) is 2. The predicted octanol–water partition coefficient (Wildman–Crippen LogP) is 16.2. The molecule has 64 heavy (non-hydrogen) atoms. The largest absolute Gasteiger partial charge is 0.341 e. The van der Waals surface area contributed by atoms with Crippen LogP contribution in [0.5, 0.6) is 0 Å². The fourth-order valence-electron chi connectivity index (χ4n) is 12.9.